The zero-order valence-corrected chi connectivity index (χ0v) is 12.9. The second kappa shape index (κ2) is 6.49. The van der Waals surface area contributed by atoms with Gasteiger partial charge in [0.25, 0.3) is 0 Å². The Labute approximate surface area is 134 Å². The van der Waals surface area contributed by atoms with Crippen LogP contribution >= 0.6 is 11.6 Å². The molecule has 4 heteroatoms. The van der Waals surface area contributed by atoms with Crippen LogP contribution in [0.25, 0.3) is 0 Å². The number of amides is 1. The number of carbonyl (C=O) groups is 1. The van der Waals surface area contributed by atoms with Gasteiger partial charge < -0.3 is 4.90 Å². The lowest BCUT2D eigenvalue weighted by atomic mass is 10.0. The van der Waals surface area contributed by atoms with Gasteiger partial charge in [0.2, 0.25) is 5.91 Å². The van der Waals surface area contributed by atoms with E-state index in [0.29, 0.717) is 17.1 Å². The van der Waals surface area contributed by atoms with Crippen LogP contribution in [0.2, 0.25) is 5.02 Å². The van der Waals surface area contributed by atoms with Gasteiger partial charge in [0.05, 0.1) is 12.5 Å². The van der Waals surface area contributed by atoms with E-state index in [1.807, 2.05) is 24.3 Å². The van der Waals surface area contributed by atoms with E-state index in [0.717, 1.165) is 18.4 Å². The predicted octanol–water partition coefficient (Wildman–Crippen LogP) is 4.39. The van der Waals surface area contributed by atoms with Gasteiger partial charge in [-0.3, -0.25) is 4.79 Å². The molecule has 1 fully saturated rings. The van der Waals surface area contributed by atoms with Crippen molar-refractivity contribution in [2.24, 2.45) is 0 Å². The molecular formula is C18H17ClFNO. The molecule has 1 aliphatic rings. The first kappa shape index (κ1) is 15.0. The van der Waals surface area contributed by atoms with Gasteiger partial charge >= 0.3 is 0 Å². The summed E-state index contributed by atoms with van der Waals surface area (Å²) in [5.41, 5.74) is 1.42. The molecule has 1 amide bonds. The van der Waals surface area contributed by atoms with Crippen LogP contribution < -0.4 is 0 Å². The summed E-state index contributed by atoms with van der Waals surface area (Å²) in [7, 11) is 0. The molecular weight excluding hydrogens is 301 g/mol. The first-order valence-corrected chi connectivity index (χ1v) is 7.82. The van der Waals surface area contributed by atoms with E-state index < -0.39 is 0 Å². The van der Waals surface area contributed by atoms with E-state index in [2.05, 4.69) is 0 Å². The first-order valence-electron chi connectivity index (χ1n) is 7.44. The van der Waals surface area contributed by atoms with Crippen LogP contribution in [0.3, 0.4) is 0 Å². The molecule has 1 heterocycles. The number of likely N-dealkylation sites (tertiary alicyclic amines) is 1. The number of hydrogen-bond donors (Lipinski definition) is 0. The van der Waals surface area contributed by atoms with E-state index in [9.17, 15) is 9.18 Å². The maximum absolute atomic E-state index is 14.0. The average Bonchev–Trinajstić information content (AvgIpc) is 2.99. The topological polar surface area (TPSA) is 20.3 Å². The number of benzene rings is 2. The Morgan fingerprint density at radius 1 is 1.18 bits per heavy atom. The third kappa shape index (κ3) is 3.00. The van der Waals surface area contributed by atoms with Gasteiger partial charge in [-0.25, -0.2) is 4.39 Å². The maximum atomic E-state index is 14.0. The van der Waals surface area contributed by atoms with Crippen LogP contribution in [0.1, 0.15) is 30.0 Å². The number of halogens is 2. The minimum atomic E-state index is -0.245. The van der Waals surface area contributed by atoms with Crippen molar-refractivity contribution in [3.63, 3.8) is 0 Å². The van der Waals surface area contributed by atoms with Crippen LogP contribution in [0, 0.1) is 5.82 Å². The Balaban J connectivity index is 1.80. The Morgan fingerprint density at radius 2 is 1.91 bits per heavy atom. The van der Waals surface area contributed by atoms with Crippen molar-refractivity contribution in [2.45, 2.75) is 25.3 Å². The fraction of sp³-hybridized carbons (Fsp3) is 0.278. The van der Waals surface area contributed by atoms with Crippen LogP contribution in [-0.4, -0.2) is 17.4 Å². The molecule has 2 aromatic rings. The average molecular weight is 318 g/mol. The minimum absolute atomic E-state index is 0.00106. The molecule has 1 aliphatic heterocycles. The van der Waals surface area contributed by atoms with Gasteiger partial charge in [0.15, 0.2) is 0 Å². The number of hydrogen-bond acceptors (Lipinski definition) is 1. The molecule has 1 saturated heterocycles. The molecule has 114 valence electrons. The molecule has 0 N–H and O–H groups in total. The molecule has 0 aliphatic carbocycles. The molecule has 1 atom stereocenters. The molecule has 0 radical (unpaired) electrons. The Bertz CT molecular complexity index is 688. The fourth-order valence-electron chi connectivity index (χ4n) is 3.04. The van der Waals surface area contributed by atoms with Crippen LogP contribution in [-0.2, 0) is 11.2 Å². The van der Waals surface area contributed by atoms with E-state index in [4.69, 9.17) is 11.6 Å². The quantitative estimate of drug-likeness (QED) is 0.822. The summed E-state index contributed by atoms with van der Waals surface area (Å²) >= 11 is 6.12. The van der Waals surface area contributed by atoms with Crippen molar-refractivity contribution < 1.29 is 9.18 Å². The van der Waals surface area contributed by atoms with Crippen molar-refractivity contribution >= 4 is 17.5 Å². The Hall–Kier alpha value is -1.87. The van der Waals surface area contributed by atoms with E-state index >= 15 is 0 Å². The van der Waals surface area contributed by atoms with Crippen molar-refractivity contribution in [3.8, 4) is 0 Å². The third-order valence-electron chi connectivity index (χ3n) is 4.14. The zero-order valence-electron chi connectivity index (χ0n) is 12.1. The highest BCUT2D eigenvalue weighted by atomic mass is 35.5. The molecule has 0 spiro atoms. The lowest BCUT2D eigenvalue weighted by molar-refractivity contribution is -0.131. The summed E-state index contributed by atoms with van der Waals surface area (Å²) in [6.07, 6.45) is 1.95. The third-order valence-corrected chi connectivity index (χ3v) is 4.51. The van der Waals surface area contributed by atoms with Gasteiger partial charge in [0, 0.05) is 17.1 Å². The number of carbonyl (C=O) groups excluding carboxylic acids is 1. The number of nitrogens with zero attached hydrogens (tertiary/aromatic N) is 1. The monoisotopic (exact) mass is 317 g/mol. The molecule has 2 aromatic carbocycles. The van der Waals surface area contributed by atoms with Crippen molar-refractivity contribution in [1.82, 2.24) is 4.90 Å². The molecule has 0 unspecified atom stereocenters. The normalized spacial score (nSPS) is 17.7. The smallest absolute Gasteiger partial charge is 0.227 e. The second-order valence-electron chi connectivity index (χ2n) is 5.53. The standard InChI is InChI=1S/C18H17ClFNO/c19-15-8-3-1-6-13(15)12-18(22)21-11-5-10-17(21)14-7-2-4-9-16(14)20/h1-4,6-9,17H,5,10-12H2/t17-/m1/s1. The molecule has 22 heavy (non-hydrogen) atoms. The summed E-state index contributed by atoms with van der Waals surface area (Å²) < 4.78 is 14.0. The lowest BCUT2D eigenvalue weighted by Gasteiger charge is -2.25. The van der Waals surface area contributed by atoms with Gasteiger partial charge in [-0.05, 0) is 30.5 Å². The van der Waals surface area contributed by atoms with Crippen molar-refractivity contribution in [3.05, 3.63) is 70.5 Å². The van der Waals surface area contributed by atoms with Crippen LogP contribution in [0.5, 0.6) is 0 Å². The van der Waals surface area contributed by atoms with E-state index in [-0.39, 0.29) is 24.2 Å². The molecule has 0 aromatic heterocycles. The highest BCUT2D eigenvalue weighted by Crippen LogP contribution is 2.34. The van der Waals surface area contributed by atoms with Crippen LogP contribution in [0.4, 0.5) is 4.39 Å². The molecule has 0 saturated carbocycles. The van der Waals surface area contributed by atoms with Gasteiger partial charge in [0.1, 0.15) is 5.82 Å². The summed E-state index contributed by atoms with van der Waals surface area (Å²) in [5.74, 6) is -0.246. The highest BCUT2D eigenvalue weighted by Gasteiger charge is 2.31. The second-order valence-corrected chi connectivity index (χ2v) is 5.94. The minimum Gasteiger partial charge on any atom is -0.335 e. The van der Waals surface area contributed by atoms with Crippen molar-refractivity contribution in [1.29, 1.82) is 0 Å². The largest absolute Gasteiger partial charge is 0.335 e. The first-order chi connectivity index (χ1) is 10.7. The SMILES string of the molecule is O=C(Cc1ccccc1Cl)N1CCC[C@@H]1c1ccccc1F. The predicted molar refractivity (Wildman–Crippen MR) is 85.2 cm³/mol. The lowest BCUT2D eigenvalue weighted by Crippen LogP contribution is -2.32. The maximum Gasteiger partial charge on any atom is 0.227 e. The summed E-state index contributed by atoms with van der Waals surface area (Å²) in [6.45, 7) is 0.669. The van der Waals surface area contributed by atoms with Gasteiger partial charge in [-0.15, -0.1) is 0 Å². The Morgan fingerprint density at radius 3 is 2.68 bits per heavy atom. The van der Waals surface area contributed by atoms with Gasteiger partial charge in [-0.1, -0.05) is 48.0 Å². The zero-order chi connectivity index (χ0) is 15.5. The highest BCUT2D eigenvalue weighted by molar-refractivity contribution is 6.31. The van der Waals surface area contributed by atoms with Gasteiger partial charge in [-0.2, -0.15) is 0 Å². The summed E-state index contributed by atoms with van der Waals surface area (Å²) in [5, 5.41) is 0.595. The summed E-state index contributed by atoms with van der Waals surface area (Å²) in [6, 6.07) is 13.9. The van der Waals surface area contributed by atoms with E-state index in [1.54, 1.807) is 23.1 Å². The van der Waals surface area contributed by atoms with Crippen molar-refractivity contribution in [2.75, 3.05) is 6.54 Å². The molecule has 2 nitrogen and oxygen atoms in total. The molecule has 3 rings (SSSR count). The summed E-state index contributed by atoms with van der Waals surface area (Å²) in [4.78, 5) is 14.4. The molecule has 0 bridgehead atoms. The van der Waals surface area contributed by atoms with E-state index in [1.165, 1.54) is 6.07 Å². The van der Waals surface area contributed by atoms with Crippen LogP contribution in [0.15, 0.2) is 48.5 Å². The Kier molecular flexibility index (Phi) is 4.44. The number of rotatable bonds is 3. The fourth-order valence-corrected chi connectivity index (χ4v) is 3.24.